The van der Waals surface area contributed by atoms with Crippen LogP contribution in [0, 0.1) is 0 Å². The summed E-state index contributed by atoms with van der Waals surface area (Å²) in [5.74, 6) is -0.162. The highest BCUT2D eigenvalue weighted by Gasteiger charge is 2.36. The minimum atomic E-state index is -0.286. The fourth-order valence-corrected chi connectivity index (χ4v) is 2.16. The second-order valence-electron chi connectivity index (χ2n) is 4.24. The number of nitrogens with one attached hydrogen (secondary N) is 2. The summed E-state index contributed by atoms with van der Waals surface area (Å²) in [6, 6.07) is 0.0881. The van der Waals surface area contributed by atoms with Gasteiger partial charge in [0, 0.05) is 13.1 Å². The van der Waals surface area contributed by atoms with Crippen molar-refractivity contribution in [2.24, 2.45) is 0 Å². The third kappa shape index (κ3) is 2.18. The van der Waals surface area contributed by atoms with E-state index < -0.39 is 0 Å². The predicted molar refractivity (Wildman–Crippen MR) is 55.2 cm³/mol. The van der Waals surface area contributed by atoms with Crippen molar-refractivity contribution in [2.75, 3.05) is 20.1 Å². The van der Waals surface area contributed by atoms with Gasteiger partial charge in [0.15, 0.2) is 0 Å². The van der Waals surface area contributed by atoms with E-state index in [1.807, 2.05) is 0 Å². The average molecular weight is 211 g/mol. The summed E-state index contributed by atoms with van der Waals surface area (Å²) in [6.45, 7) is 1.98. The van der Waals surface area contributed by atoms with Gasteiger partial charge in [0.1, 0.15) is 0 Å². The Labute approximate surface area is 89.2 Å². The van der Waals surface area contributed by atoms with Gasteiger partial charge in [-0.05, 0) is 25.9 Å². The summed E-state index contributed by atoms with van der Waals surface area (Å²) in [4.78, 5) is 24.1. The highest BCUT2D eigenvalue weighted by atomic mass is 16.2. The zero-order valence-electron chi connectivity index (χ0n) is 8.95. The van der Waals surface area contributed by atoms with Crippen LogP contribution in [0.25, 0.3) is 0 Å². The van der Waals surface area contributed by atoms with Crippen molar-refractivity contribution >= 4 is 11.8 Å². The number of nitrogens with zero attached hydrogens (tertiary/aromatic N) is 1. The molecule has 5 heteroatoms. The molecule has 2 saturated heterocycles. The number of hydrogen-bond donors (Lipinski definition) is 2. The van der Waals surface area contributed by atoms with Gasteiger partial charge in [-0.3, -0.25) is 14.5 Å². The van der Waals surface area contributed by atoms with Crippen LogP contribution in [-0.4, -0.2) is 48.9 Å². The Kier molecular flexibility index (Phi) is 3.02. The summed E-state index contributed by atoms with van der Waals surface area (Å²) in [7, 11) is 1.55. The molecule has 0 aromatic carbocycles. The van der Waals surface area contributed by atoms with Crippen molar-refractivity contribution in [1.29, 1.82) is 0 Å². The molecule has 2 amide bonds. The van der Waals surface area contributed by atoms with E-state index in [2.05, 4.69) is 10.6 Å². The van der Waals surface area contributed by atoms with Crippen LogP contribution in [0.3, 0.4) is 0 Å². The van der Waals surface area contributed by atoms with Crippen LogP contribution in [0.5, 0.6) is 0 Å². The predicted octanol–water partition coefficient (Wildman–Crippen LogP) is -0.915. The lowest BCUT2D eigenvalue weighted by Gasteiger charge is -2.25. The molecule has 0 aromatic rings. The summed E-state index contributed by atoms with van der Waals surface area (Å²) < 4.78 is 0. The van der Waals surface area contributed by atoms with Gasteiger partial charge in [0.05, 0.1) is 12.5 Å². The number of rotatable bonds is 2. The fraction of sp³-hybridized carbons (Fsp3) is 0.800. The molecule has 0 saturated carbocycles. The SMILES string of the molecule is CN1C(=O)CC(NC2CCNCC2)C1=O. The Morgan fingerprint density at radius 2 is 2.00 bits per heavy atom. The molecule has 5 nitrogen and oxygen atoms in total. The highest BCUT2D eigenvalue weighted by Crippen LogP contribution is 2.13. The number of carbonyl (C=O) groups is 2. The maximum Gasteiger partial charge on any atom is 0.246 e. The molecule has 2 fully saturated rings. The molecule has 1 unspecified atom stereocenters. The molecule has 0 aromatic heterocycles. The van der Waals surface area contributed by atoms with Crippen molar-refractivity contribution in [2.45, 2.75) is 31.3 Å². The van der Waals surface area contributed by atoms with Gasteiger partial charge < -0.3 is 10.6 Å². The number of amides is 2. The van der Waals surface area contributed by atoms with Gasteiger partial charge in [-0.15, -0.1) is 0 Å². The van der Waals surface area contributed by atoms with E-state index in [1.54, 1.807) is 7.05 Å². The first kappa shape index (κ1) is 10.6. The normalized spacial score (nSPS) is 28.9. The van der Waals surface area contributed by atoms with Crippen molar-refractivity contribution in [3.8, 4) is 0 Å². The summed E-state index contributed by atoms with van der Waals surface area (Å²) in [5, 5.41) is 6.54. The largest absolute Gasteiger partial charge is 0.317 e. The number of carbonyl (C=O) groups excluding carboxylic acids is 2. The molecule has 1 atom stereocenters. The first-order valence-corrected chi connectivity index (χ1v) is 5.45. The third-order valence-electron chi connectivity index (χ3n) is 3.16. The first-order chi connectivity index (χ1) is 7.18. The number of likely N-dealkylation sites (tertiary alicyclic amines) is 1. The Balaban J connectivity index is 1.89. The van der Waals surface area contributed by atoms with E-state index in [4.69, 9.17) is 0 Å². The molecule has 84 valence electrons. The number of imide groups is 1. The first-order valence-electron chi connectivity index (χ1n) is 5.45. The zero-order valence-corrected chi connectivity index (χ0v) is 8.95. The third-order valence-corrected chi connectivity index (χ3v) is 3.16. The maximum atomic E-state index is 11.6. The van der Waals surface area contributed by atoms with E-state index in [-0.39, 0.29) is 17.9 Å². The molecule has 2 N–H and O–H groups in total. The molecular formula is C10H17N3O2. The van der Waals surface area contributed by atoms with E-state index in [1.165, 1.54) is 4.90 Å². The quantitative estimate of drug-likeness (QED) is 0.580. The second-order valence-corrected chi connectivity index (χ2v) is 4.24. The molecule has 2 aliphatic rings. The molecule has 2 rings (SSSR count). The van der Waals surface area contributed by atoms with E-state index in [0.29, 0.717) is 12.5 Å². The summed E-state index contributed by atoms with van der Waals surface area (Å²) in [6.07, 6.45) is 2.38. The molecular weight excluding hydrogens is 194 g/mol. The molecule has 0 aliphatic carbocycles. The van der Waals surface area contributed by atoms with Crippen LogP contribution in [0.15, 0.2) is 0 Å². The molecule has 2 heterocycles. The van der Waals surface area contributed by atoms with Gasteiger partial charge in [0.25, 0.3) is 0 Å². The van der Waals surface area contributed by atoms with Crippen LogP contribution in [0.1, 0.15) is 19.3 Å². The average Bonchev–Trinajstić information content (AvgIpc) is 2.48. The van der Waals surface area contributed by atoms with Crippen LogP contribution in [0.2, 0.25) is 0 Å². The van der Waals surface area contributed by atoms with Crippen molar-refractivity contribution in [3.05, 3.63) is 0 Å². The van der Waals surface area contributed by atoms with Gasteiger partial charge in [0.2, 0.25) is 11.8 Å². The molecule has 0 radical (unpaired) electrons. The number of likely N-dealkylation sites (N-methyl/N-ethyl adjacent to an activating group) is 1. The lowest BCUT2D eigenvalue weighted by Crippen LogP contribution is -2.47. The monoisotopic (exact) mass is 211 g/mol. The van der Waals surface area contributed by atoms with E-state index in [9.17, 15) is 9.59 Å². The standard InChI is InChI=1S/C10H17N3O2/c1-13-9(14)6-8(10(13)15)12-7-2-4-11-5-3-7/h7-8,11-12H,2-6H2,1H3. The highest BCUT2D eigenvalue weighted by molar-refractivity contribution is 6.05. The zero-order chi connectivity index (χ0) is 10.8. The van der Waals surface area contributed by atoms with Gasteiger partial charge in [-0.1, -0.05) is 0 Å². The minimum absolute atomic E-state index is 0.0774. The molecule has 2 aliphatic heterocycles. The minimum Gasteiger partial charge on any atom is -0.317 e. The molecule has 0 bridgehead atoms. The van der Waals surface area contributed by atoms with Crippen LogP contribution in [-0.2, 0) is 9.59 Å². The lowest BCUT2D eigenvalue weighted by atomic mass is 10.1. The smallest absolute Gasteiger partial charge is 0.246 e. The van der Waals surface area contributed by atoms with Crippen molar-refractivity contribution < 1.29 is 9.59 Å². The van der Waals surface area contributed by atoms with Gasteiger partial charge in [-0.25, -0.2) is 0 Å². The molecule has 0 spiro atoms. The number of hydrogen-bond acceptors (Lipinski definition) is 4. The van der Waals surface area contributed by atoms with Gasteiger partial charge in [-0.2, -0.15) is 0 Å². The van der Waals surface area contributed by atoms with Crippen LogP contribution in [0.4, 0.5) is 0 Å². The Hall–Kier alpha value is -0.940. The van der Waals surface area contributed by atoms with E-state index in [0.717, 1.165) is 25.9 Å². The second kappa shape index (κ2) is 4.28. The Morgan fingerprint density at radius 3 is 2.53 bits per heavy atom. The summed E-state index contributed by atoms with van der Waals surface area (Å²) in [5.41, 5.74) is 0. The maximum absolute atomic E-state index is 11.6. The van der Waals surface area contributed by atoms with Crippen LogP contribution < -0.4 is 10.6 Å². The fourth-order valence-electron chi connectivity index (χ4n) is 2.16. The lowest BCUT2D eigenvalue weighted by molar-refractivity contribution is -0.137. The van der Waals surface area contributed by atoms with Gasteiger partial charge >= 0.3 is 0 Å². The topological polar surface area (TPSA) is 61.4 Å². The van der Waals surface area contributed by atoms with Crippen LogP contribution >= 0.6 is 0 Å². The number of piperidine rings is 1. The Morgan fingerprint density at radius 1 is 1.33 bits per heavy atom. The van der Waals surface area contributed by atoms with Crippen molar-refractivity contribution in [1.82, 2.24) is 15.5 Å². The Bertz CT molecular complexity index is 274. The van der Waals surface area contributed by atoms with Crippen molar-refractivity contribution in [3.63, 3.8) is 0 Å². The van der Waals surface area contributed by atoms with E-state index >= 15 is 0 Å². The molecule has 15 heavy (non-hydrogen) atoms. The summed E-state index contributed by atoms with van der Waals surface area (Å²) >= 11 is 0.